The van der Waals surface area contributed by atoms with E-state index in [0.29, 0.717) is 23.6 Å². The van der Waals surface area contributed by atoms with Crippen molar-refractivity contribution in [3.63, 3.8) is 0 Å². The van der Waals surface area contributed by atoms with Gasteiger partial charge in [0.05, 0.1) is 5.56 Å². The van der Waals surface area contributed by atoms with Gasteiger partial charge in [0.25, 0.3) is 5.91 Å². The molecular weight excluding hydrogens is 250 g/mol. The fourth-order valence-corrected chi connectivity index (χ4v) is 1.96. The van der Waals surface area contributed by atoms with E-state index in [2.05, 4.69) is 15.6 Å². The molecule has 1 atom stereocenters. The van der Waals surface area contributed by atoms with Crippen molar-refractivity contribution in [2.75, 3.05) is 29.9 Å². The second-order valence-corrected chi connectivity index (χ2v) is 5.52. The molecule has 1 heterocycles. The molecule has 0 fully saturated rings. The third kappa shape index (κ3) is 4.83. The van der Waals surface area contributed by atoms with Crippen LogP contribution in [0.3, 0.4) is 0 Å². The number of anilines is 1. The summed E-state index contributed by atoms with van der Waals surface area (Å²) in [6.07, 6.45) is 1.53. The molecule has 1 rings (SSSR count). The molecule has 6 heteroatoms. The highest BCUT2D eigenvalue weighted by Gasteiger charge is 2.06. The zero-order valence-corrected chi connectivity index (χ0v) is 11.5. The van der Waals surface area contributed by atoms with E-state index >= 15 is 0 Å². The zero-order valence-electron chi connectivity index (χ0n) is 10.7. The van der Waals surface area contributed by atoms with Gasteiger partial charge in [-0.1, -0.05) is 6.92 Å². The van der Waals surface area contributed by atoms with Crippen molar-refractivity contribution >= 4 is 22.5 Å². The number of rotatable bonds is 7. The first-order valence-corrected chi connectivity index (χ1v) is 7.49. The minimum absolute atomic E-state index is 0.182. The van der Waals surface area contributed by atoms with E-state index in [1.54, 1.807) is 12.1 Å². The van der Waals surface area contributed by atoms with E-state index < -0.39 is 10.8 Å². The standard InChI is InChI=1S/C12H19N3O2S/c1-3-13-11-6-5-10(9-15-11)12(16)14-7-8-18(17)4-2/h5-6,9H,3-4,7-8H2,1-2H3,(H,13,15)(H,14,16). The van der Waals surface area contributed by atoms with Crippen molar-refractivity contribution in [1.82, 2.24) is 10.3 Å². The van der Waals surface area contributed by atoms with E-state index in [1.807, 2.05) is 13.8 Å². The Balaban J connectivity index is 2.44. The summed E-state index contributed by atoms with van der Waals surface area (Å²) in [7, 11) is -0.847. The summed E-state index contributed by atoms with van der Waals surface area (Å²) in [4.78, 5) is 15.8. The number of hydrogen-bond donors (Lipinski definition) is 2. The second kappa shape index (κ2) is 7.81. The van der Waals surface area contributed by atoms with Crippen LogP contribution in [0.5, 0.6) is 0 Å². The van der Waals surface area contributed by atoms with Gasteiger partial charge >= 0.3 is 0 Å². The average molecular weight is 269 g/mol. The number of aromatic nitrogens is 1. The van der Waals surface area contributed by atoms with Gasteiger partial charge in [-0.15, -0.1) is 0 Å². The largest absolute Gasteiger partial charge is 0.370 e. The third-order valence-electron chi connectivity index (χ3n) is 2.32. The topological polar surface area (TPSA) is 71.1 Å². The Bertz CT molecular complexity index is 406. The highest BCUT2D eigenvalue weighted by atomic mass is 32.2. The van der Waals surface area contributed by atoms with Crippen LogP contribution < -0.4 is 10.6 Å². The molecule has 0 bridgehead atoms. The van der Waals surface area contributed by atoms with Crippen LogP contribution >= 0.6 is 0 Å². The van der Waals surface area contributed by atoms with E-state index in [0.717, 1.165) is 12.4 Å². The van der Waals surface area contributed by atoms with Crippen LogP contribution in [0.2, 0.25) is 0 Å². The minimum atomic E-state index is -0.847. The maximum absolute atomic E-state index is 11.7. The molecule has 1 amide bonds. The number of nitrogens with zero attached hydrogens (tertiary/aromatic N) is 1. The van der Waals surface area contributed by atoms with Crippen LogP contribution in [-0.2, 0) is 10.8 Å². The molecule has 100 valence electrons. The molecule has 18 heavy (non-hydrogen) atoms. The first-order valence-electron chi connectivity index (χ1n) is 6.00. The second-order valence-electron chi connectivity index (χ2n) is 3.65. The lowest BCUT2D eigenvalue weighted by molar-refractivity contribution is 0.0956. The van der Waals surface area contributed by atoms with E-state index in [4.69, 9.17) is 0 Å². The lowest BCUT2D eigenvalue weighted by atomic mass is 10.2. The molecule has 0 saturated heterocycles. The van der Waals surface area contributed by atoms with Crippen LogP contribution in [0, 0.1) is 0 Å². The molecule has 1 aromatic heterocycles. The molecule has 5 nitrogen and oxygen atoms in total. The number of nitrogens with one attached hydrogen (secondary N) is 2. The summed E-state index contributed by atoms with van der Waals surface area (Å²) >= 11 is 0. The Labute approximate surface area is 110 Å². The maximum atomic E-state index is 11.7. The molecular formula is C12H19N3O2S. The molecule has 0 radical (unpaired) electrons. The first-order chi connectivity index (χ1) is 8.67. The monoisotopic (exact) mass is 269 g/mol. The number of carbonyl (C=O) groups is 1. The highest BCUT2D eigenvalue weighted by Crippen LogP contribution is 2.04. The van der Waals surface area contributed by atoms with Crippen LogP contribution in [-0.4, -0.2) is 39.7 Å². The molecule has 0 aliphatic carbocycles. The number of hydrogen-bond acceptors (Lipinski definition) is 4. The van der Waals surface area contributed by atoms with Crippen molar-refractivity contribution in [3.05, 3.63) is 23.9 Å². The van der Waals surface area contributed by atoms with Crippen LogP contribution in [0.25, 0.3) is 0 Å². The Morgan fingerprint density at radius 3 is 2.72 bits per heavy atom. The van der Waals surface area contributed by atoms with Gasteiger partial charge in [0.2, 0.25) is 0 Å². The van der Waals surface area contributed by atoms with Gasteiger partial charge < -0.3 is 10.6 Å². The molecule has 2 N–H and O–H groups in total. The predicted molar refractivity (Wildman–Crippen MR) is 74.3 cm³/mol. The average Bonchev–Trinajstić information content (AvgIpc) is 2.39. The summed E-state index contributed by atoms with van der Waals surface area (Å²) < 4.78 is 11.2. The predicted octanol–water partition coefficient (Wildman–Crippen LogP) is 1.01. The van der Waals surface area contributed by atoms with Crippen molar-refractivity contribution in [2.45, 2.75) is 13.8 Å². The van der Waals surface area contributed by atoms with Crippen LogP contribution in [0.1, 0.15) is 24.2 Å². The van der Waals surface area contributed by atoms with Crippen LogP contribution in [0.15, 0.2) is 18.3 Å². The smallest absolute Gasteiger partial charge is 0.252 e. The Morgan fingerprint density at radius 2 is 2.17 bits per heavy atom. The molecule has 1 unspecified atom stereocenters. The van der Waals surface area contributed by atoms with Crippen molar-refractivity contribution in [3.8, 4) is 0 Å². The summed E-state index contributed by atoms with van der Waals surface area (Å²) in [5.41, 5.74) is 0.513. The SMILES string of the molecule is CCNc1ccc(C(=O)NCCS(=O)CC)cn1. The van der Waals surface area contributed by atoms with E-state index in [-0.39, 0.29) is 5.91 Å². The Kier molecular flexibility index (Phi) is 6.35. The third-order valence-corrected chi connectivity index (χ3v) is 3.62. The van der Waals surface area contributed by atoms with Gasteiger partial charge in [0, 0.05) is 41.6 Å². The number of amides is 1. The molecule has 0 aliphatic rings. The van der Waals surface area contributed by atoms with Gasteiger partial charge in [-0.25, -0.2) is 4.98 Å². The van der Waals surface area contributed by atoms with Gasteiger partial charge in [-0.2, -0.15) is 0 Å². The lowest BCUT2D eigenvalue weighted by Crippen LogP contribution is -2.28. The molecule has 1 aromatic rings. The quantitative estimate of drug-likeness (QED) is 0.775. The summed E-state index contributed by atoms with van der Waals surface area (Å²) in [6, 6.07) is 3.49. The van der Waals surface area contributed by atoms with Gasteiger partial charge in [-0.3, -0.25) is 9.00 Å². The van der Waals surface area contributed by atoms with Gasteiger partial charge in [0.1, 0.15) is 5.82 Å². The Morgan fingerprint density at radius 1 is 1.39 bits per heavy atom. The van der Waals surface area contributed by atoms with Gasteiger partial charge in [-0.05, 0) is 19.1 Å². The molecule has 0 spiro atoms. The summed E-state index contributed by atoms with van der Waals surface area (Å²) in [6.45, 7) is 5.06. The van der Waals surface area contributed by atoms with Crippen molar-refractivity contribution in [1.29, 1.82) is 0 Å². The first kappa shape index (κ1) is 14.6. The summed E-state index contributed by atoms with van der Waals surface area (Å²) in [5, 5.41) is 5.78. The normalized spacial score (nSPS) is 11.9. The fourth-order valence-electron chi connectivity index (χ4n) is 1.34. The Hall–Kier alpha value is -1.43. The van der Waals surface area contributed by atoms with Gasteiger partial charge in [0.15, 0.2) is 0 Å². The molecule has 0 aliphatic heterocycles. The minimum Gasteiger partial charge on any atom is -0.370 e. The molecule has 0 aromatic carbocycles. The number of carbonyl (C=O) groups excluding carboxylic acids is 1. The van der Waals surface area contributed by atoms with E-state index in [1.165, 1.54) is 6.20 Å². The molecule has 0 saturated carbocycles. The lowest BCUT2D eigenvalue weighted by Gasteiger charge is -2.06. The number of pyridine rings is 1. The summed E-state index contributed by atoms with van der Waals surface area (Å²) in [5.74, 6) is 1.68. The van der Waals surface area contributed by atoms with Crippen molar-refractivity contribution < 1.29 is 9.00 Å². The van der Waals surface area contributed by atoms with Crippen molar-refractivity contribution in [2.24, 2.45) is 0 Å². The van der Waals surface area contributed by atoms with Crippen LogP contribution in [0.4, 0.5) is 5.82 Å². The maximum Gasteiger partial charge on any atom is 0.252 e. The van der Waals surface area contributed by atoms with E-state index in [9.17, 15) is 9.00 Å². The fraction of sp³-hybridized carbons (Fsp3) is 0.500. The highest BCUT2D eigenvalue weighted by molar-refractivity contribution is 7.84. The zero-order chi connectivity index (χ0) is 13.4.